The Morgan fingerprint density at radius 1 is 1.39 bits per heavy atom. The molecule has 0 fully saturated rings. The molecule has 0 saturated carbocycles. The zero-order valence-corrected chi connectivity index (χ0v) is 11.9. The van der Waals surface area contributed by atoms with Crippen molar-refractivity contribution in [1.29, 1.82) is 0 Å². The van der Waals surface area contributed by atoms with Crippen molar-refractivity contribution in [2.45, 2.75) is 33.2 Å². The monoisotopic (exact) mass is 289 g/mol. The third-order valence-corrected chi connectivity index (χ3v) is 4.71. The van der Waals surface area contributed by atoms with E-state index < -0.39 is 10.0 Å². The van der Waals surface area contributed by atoms with Gasteiger partial charge in [0.1, 0.15) is 5.01 Å². The number of nitrogens with one attached hydrogen (secondary N) is 1. The first-order chi connectivity index (χ1) is 8.52. The fourth-order valence-electron chi connectivity index (χ4n) is 1.40. The van der Waals surface area contributed by atoms with E-state index in [-0.39, 0.29) is 12.3 Å². The third-order valence-electron chi connectivity index (χ3n) is 2.40. The van der Waals surface area contributed by atoms with E-state index in [2.05, 4.69) is 20.0 Å². The van der Waals surface area contributed by atoms with Gasteiger partial charge in [-0.2, -0.15) is 9.61 Å². The van der Waals surface area contributed by atoms with Crippen LogP contribution in [0, 0.1) is 6.92 Å². The van der Waals surface area contributed by atoms with Crippen LogP contribution in [0.5, 0.6) is 0 Å². The van der Waals surface area contributed by atoms with Gasteiger partial charge in [-0.1, -0.05) is 24.7 Å². The molecule has 9 heteroatoms. The standard InChI is InChI=1S/C9H15N5O2S2/c1-3-4-5-18(15,16)10-6-8-13-14-7(2)11-12-9(14)17-8/h10H,3-6H2,1-2H3. The number of nitrogens with zero attached hydrogens (tertiary/aromatic N) is 4. The molecule has 0 spiro atoms. The Kier molecular flexibility index (Phi) is 3.93. The van der Waals surface area contributed by atoms with Gasteiger partial charge in [0.25, 0.3) is 0 Å². The Morgan fingerprint density at radius 3 is 2.83 bits per heavy atom. The molecule has 7 nitrogen and oxygen atoms in total. The van der Waals surface area contributed by atoms with Crippen LogP contribution in [-0.2, 0) is 16.6 Å². The first-order valence-corrected chi connectivity index (χ1v) is 8.14. The number of sulfonamides is 1. The molecule has 18 heavy (non-hydrogen) atoms. The predicted molar refractivity (Wildman–Crippen MR) is 68.9 cm³/mol. The molecule has 2 heterocycles. The summed E-state index contributed by atoms with van der Waals surface area (Å²) in [5.41, 5.74) is 0. The van der Waals surface area contributed by atoms with Gasteiger partial charge >= 0.3 is 0 Å². The van der Waals surface area contributed by atoms with Gasteiger partial charge in [0.05, 0.1) is 12.3 Å². The van der Waals surface area contributed by atoms with Gasteiger partial charge in [0.2, 0.25) is 15.0 Å². The van der Waals surface area contributed by atoms with Gasteiger partial charge in [-0.25, -0.2) is 13.1 Å². The van der Waals surface area contributed by atoms with Gasteiger partial charge in [-0.05, 0) is 13.3 Å². The fraction of sp³-hybridized carbons (Fsp3) is 0.667. The van der Waals surface area contributed by atoms with Crippen molar-refractivity contribution < 1.29 is 8.42 Å². The lowest BCUT2D eigenvalue weighted by molar-refractivity contribution is 0.577. The van der Waals surface area contributed by atoms with Gasteiger partial charge < -0.3 is 0 Å². The molecule has 0 amide bonds. The number of rotatable bonds is 6. The van der Waals surface area contributed by atoms with Crippen LogP contribution in [-0.4, -0.2) is 34.0 Å². The second-order valence-corrected chi connectivity index (χ2v) is 6.90. The zero-order valence-electron chi connectivity index (χ0n) is 10.3. The van der Waals surface area contributed by atoms with E-state index in [0.29, 0.717) is 22.2 Å². The van der Waals surface area contributed by atoms with Crippen molar-refractivity contribution >= 4 is 26.3 Å². The number of fused-ring (bicyclic) bond motifs is 1. The maximum atomic E-state index is 11.6. The molecule has 100 valence electrons. The summed E-state index contributed by atoms with van der Waals surface area (Å²) in [7, 11) is -3.20. The summed E-state index contributed by atoms with van der Waals surface area (Å²) in [5, 5.41) is 12.7. The van der Waals surface area contributed by atoms with Crippen LogP contribution in [0.3, 0.4) is 0 Å². The predicted octanol–water partition coefficient (Wildman–Crippen LogP) is 0.714. The van der Waals surface area contributed by atoms with E-state index in [9.17, 15) is 8.42 Å². The minimum Gasteiger partial charge on any atom is -0.212 e. The summed E-state index contributed by atoms with van der Waals surface area (Å²) >= 11 is 1.33. The Bertz CT molecular complexity index is 630. The Balaban J connectivity index is 2.01. The molecular formula is C9H15N5O2S2. The van der Waals surface area contributed by atoms with E-state index in [4.69, 9.17) is 0 Å². The smallest absolute Gasteiger partial charge is 0.212 e. The molecule has 0 aliphatic rings. The first kappa shape index (κ1) is 13.4. The fourth-order valence-corrected chi connectivity index (χ4v) is 3.48. The molecule has 0 saturated heterocycles. The summed E-state index contributed by atoms with van der Waals surface area (Å²) < 4.78 is 27.4. The molecule has 0 bridgehead atoms. The Morgan fingerprint density at radius 2 is 2.17 bits per heavy atom. The van der Waals surface area contributed by atoms with Crippen molar-refractivity contribution in [3.63, 3.8) is 0 Å². The molecular weight excluding hydrogens is 274 g/mol. The summed E-state index contributed by atoms with van der Waals surface area (Å²) in [6, 6.07) is 0. The maximum Gasteiger partial charge on any atom is 0.234 e. The van der Waals surface area contributed by atoms with Crippen LogP contribution < -0.4 is 4.72 Å². The molecule has 1 N–H and O–H groups in total. The van der Waals surface area contributed by atoms with E-state index >= 15 is 0 Å². The Labute approximate surface area is 109 Å². The molecule has 2 rings (SSSR count). The van der Waals surface area contributed by atoms with Crippen LogP contribution in [0.25, 0.3) is 4.96 Å². The van der Waals surface area contributed by atoms with E-state index in [1.54, 1.807) is 11.4 Å². The van der Waals surface area contributed by atoms with Crippen molar-refractivity contribution in [3.05, 3.63) is 10.8 Å². The number of hydrogen-bond donors (Lipinski definition) is 1. The first-order valence-electron chi connectivity index (χ1n) is 5.67. The SMILES string of the molecule is CCCCS(=O)(=O)NCc1nn2c(C)nnc2s1. The lowest BCUT2D eigenvalue weighted by Gasteiger charge is -2.03. The highest BCUT2D eigenvalue weighted by Crippen LogP contribution is 2.13. The molecule has 0 radical (unpaired) electrons. The van der Waals surface area contributed by atoms with Crippen LogP contribution in [0.15, 0.2) is 0 Å². The zero-order chi connectivity index (χ0) is 13.2. The van der Waals surface area contributed by atoms with Gasteiger partial charge in [-0.15, -0.1) is 10.2 Å². The van der Waals surface area contributed by atoms with E-state index in [0.717, 1.165) is 6.42 Å². The number of aryl methyl sites for hydroxylation is 1. The average molecular weight is 289 g/mol. The largest absolute Gasteiger partial charge is 0.234 e. The second kappa shape index (κ2) is 5.29. The highest BCUT2D eigenvalue weighted by Gasteiger charge is 2.12. The van der Waals surface area contributed by atoms with Gasteiger partial charge in [0.15, 0.2) is 5.82 Å². The highest BCUT2D eigenvalue weighted by atomic mass is 32.2. The van der Waals surface area contributed by atoms with Crippen LogP contribution in [0.1, 0.15) is 30.6 Å². The van der Waals surface area contributed by atoms with Crippen molar-refractivity contribution in [2.75, 3.05) is 5.75 Å². The summed E-state index contributed by atoms with van der Waals surface area (Å²) in [6.45, 7) is 3.97. The highest BCUT2D eigenvalue weighted by molar-refractivity contribution is 7.89. The average Bonchev–Trinajstić information content (AvgIpc) is 2.87. The minimum atomic E-state index is -3.20. The second-order valence-electron chi connectivity index (χ2n) is 3.93. The molecule has 0 unspecified atom stereocenters. The van der Waals surface area contributed by atoms with Crippen molar-refractivity contribution in [1.82, 2.24) is 24.5 Å². The Hall–Kier alpha value is -1.06. The van der Waals surface area contributed by atoms with Crippen molar-refractivity contribution in [3.8, 4) is 0 Å². The van der Waals surface area contributed by atoms with E-state index in [1.807, 2.05) is 6.92 Å². The molecule has 2 aromatic heterocycles. The van der Waals surface area contributed by atoms with Crippen molar-refractivity contribution in [2.24, 2.45) is 0 Å². The van der Waals surface area contributed by atoms with Crippen LogP contribution >= 0.6 is 11.3 Å². The maximum absolute atomic E-state index is 11.6. The summed E-state index contributed by atoms with van der Waals surface area (Å²) in [5.74, 6) is 0.855. The van der Waals surface area contributed by atoms with Gasteiger partial charge in [-0.3, -0.25) is 0 Å². The number of aromatic nitrogens is 4. The summed E-state index contributed by atoms with van der Waals surface area (Å²) in [4.78, 5) is 0.676. The lowest BCUT2D eigenvalue weighted by atomic mass is 10.4. The topological polar surface area (TPSA) is 89.2 Å². The molecule has 0 aliphatic heterocycles. The molecule has 0 aliphatic carbocycles. The lowest BCUT2D eigenvalue weighted by Crippen LogP contribution is -2.25. The van der Waals surface area contributed by atoms with Gasteiger partial charge in [0, 0.05) is 0 Å². The van der Waals surface area contributed by atoms with E-state index in [1.165, 1.54) is 11.3 Å². The summed E-state index contributed by atoms with van der Waals surface area (Å²) in [6.07, 6.45) is 1.52. The molecule has 0 atom stereocenters. The third kappa shape index (κ3) is 3.03. The molecule has 2 aromatic rings. The normalized spacial score (nSPS) is 12.3. The number of unbranched alkanes of at least 4 members (excludes halogenated alkanes) is 1. The van der Waals surface area contributed by atoms with Crippen LogP contribution in [0.2, 0.25) is 0 Å². The molecule has 0 aromatic carbocycles. The quantitative estimate of drug-likeness (QED) is 0.846. The number of hydrogen-bond acceptors (Lipinski definition) is 6. The minimum absolute atomic E-state index is 0.159. The van der Waals surface area contributed by atoms with Crippen LogP contribution in [0.4, 0.5) is 0 Å².